The number of nitrogens with zero attached hydrogens (tertiary/aromatic N) is 2. The standard InChI is InChI=1S/C20H26N4O5/c1-29-16-4-2-15(3-5-16)24-12-14(10-17(24)25)20(28)22-11-18(26)23-8-6-13(7-9-23)19(21)27/h2-5,13-14H,6-12H2,1H3,(H2,21,27)(H,22,28). The third-order valence-corrected chi connectivity index (χ3v) is 5.54. The van der Waals surface area contributed by atoms with Crippen LogP contribution in [0, 0.1) is 11.8 Å². The Bertz CT molecular complexity index is 787. The molecular weight excluding hydrogens is 376 g/mol. The zero-order valence-electron chi connectivity index (χ0n) is 16.4. The number of anilines is 1. The van der Waals surface area contributed by atoms with Crippen LogP contribution >= 0.6 is 0 Å². The number of rotatable bonds is 6. The number of piperidine rings is 1. The topological polar surface area (TPSA) is 122 Å². The maximum atomic E-state index is 12.5. The highest BCUT2D eigenvalue weighted by atomic mass is 16.5. The summed E-state index contributed by atoms with van der Waals surface area (Å²) in [5, 5.41) is 2.65. The zero-order valence-corrected chi connectivity index (χ0v) is 16.4. The van der Waals surface area contributed by atoms with Crippen LogP contribution in [-0.4, -0.2) is 61.8 Å². The number of hydrogen-bond donors (Lipinski definition) is 2. The van der Waals surface area contributed by atoms with Gasteiger partial charge in [0, 0.05) is 37.7 Å². The van der Waals surface area contributed by atoms with Crippen molar-refractivity contribution in [2.75, 3.05) is 38.2 Å². The molecule has 1 unspecified atom stereocenters. The second kappa shape index (κ2) is 8.93. The van der Waals surface area contributed by atoms with Gasteiger partial charge < -0.3 is 25.6 Å². The van der Waals surface area contributed by atoms with Crippen LogP contribution in [0.3, 0.4) is 0 Å². The Morgan fingerprint density at radius 2 is 1.79 bits per heavy atom. The van der Waals surface area contributed by atoms with Crippen LogP contribution < -0.4 is 20.7 Å². The van der Waals surface area contributed by atoms with Crippen molar-refractivity contribution in [2.45, 2.75) is 19.3 Å². The number of hydrogen-bond acceptors (Lipinski definition) is 5. The summed E-state index contributed by atoms with van der Waals surface area (Å²) < 4.78 is 5.11. The summed E-state index contributed by atoms with van der Waals surface area (Å²) in [6.45, 7) is 1.06. The number of ether oxygens (including phenoxy) is 1. The second-order valence-electron chi connectivity index (χ2n) is 7.38. The van der Waals surface area contributed by atoms with Crippen LogP contribution in [0.5, 0.6) is 5.75 Å². The molecule has 0 bridgehead atoms. The molecule has 4 amide bonds. The Hall–Kier alpha value is -3.10. The molecule has 0 saturated carbocycles. The first kappa shape index (κ1) is 20.6. The van der Waals surface area contributed by atoms with Gasteiger partial charge in [-0.2, -0.15) is 0 Å². The molecule has 2 heterocycles. The van der Waals surface area contributed by atoms with Crippen LogP contribution in [0.15, 0.2) is 24.3 Å². The first-order valence-corrected chi connectivity index (χ1v) is 9.68. The van der Waals surface area contributed by atoms with Crippen molar-refractivity contribution >= 4 is 29.3 Å². The van der Waals surface area contributed by atoms with Gasteiger partial charge in [-0.3, -0.25) is 19.2 Å². The lowest BCUT2D eigenvalue weighted by Gasteiger charge is -2.30. The summed E-state index contributed by atoms with van der Waals surface area (Å²) in [6, 6.07) is 7.07. The van der Waals surface area contributed by atoms with Gasteiger partial charge in [0.15, 0.2) is 0 Å². The maximum absolute atomic E-state index is 12.5. The Labute approximate surface area is 169 Å². The number of methoxy groups -OCH3 is 1. The van der Waals surface area contributed by atoms with E-state index in [1.54, 1.807) is 41.2 Å². The third kappa shape index (κ3) is 4.85. The normalized spacial score (nSPS) is 19.9. The first-order valence-electron chi connectivity index (χ1n) is 9.68. The Morgan fingerprint density at radius 1 is 1.14 bits per heavy atom. The van der Waals surface area contributed by atoms with E-state index in [1.165, 1.54) is 0 Å². The highest BCUT2D eigenvalue weighted by molar-refractivity contribution is 6.00. The smallest absolute Gasteiger partial charge is 0.241 e. The highest BCUT2D eigenvalue weighted by Gasteiger charge is 2.35. The van der Waals surface area contributed by atoms with Gasteiger partial charge in [0.05, 0.1) is 19.6 Å². The van der Waals surface area contributed by atoms with Crippen molar-refractivity contribution in [3.05, 3.63) is 24.3 Å². The molecule has 0 aromatic heterocycles. The summed E-state index contributed by atoms with van der Waals surface area (Å²) in [5.41, 5.74) is 6.01. The molecule has 29 heavy (non-hydrogen) atoms. The summed E-state index contributed by atoms with van der Waals surface area (Å²) in [4.78, 5) is 51.5. The Kier molecular flexibility index (Phi) is 6.36. The number of carbonyl (C=O) groups is 4. The van der Waals surface area contributed by atoms with E-state index in [2.05, 4.69) is 5.32 Å². The molecule has 1 atom stereocenters. The SMILES string of the molecule is COc1ccc(N2CC(C(=O)NCC(=O)N3CCC(C(N)=O)CC3)CC2=O)cc1. The fourth-order valence-electron chi connectivity index (χ4n) is 3.73. The fraction of sp³-hybridized carbons (Fsp3) is 0.500. The highest BCUT2D eigenvalue weighted by Crippen LogP contribution is 2.27. The van der Waals surface area contributed by atoms with Crippen LogP contribution in [0.25, 0.3) is 0 Å². The molecule has 2 saturated heterocycles. The van der Waals surface area contributed by atoms with Crippen molar-refractivity contribution in [3.63, 3.8) is 0 Å². The Morgan fingerprint density at radius 3 is 2.38 bits per heavy atom. The van der Waals surface area contributed by atoms with E-state index in [0.717, 1.165) is 0 Å². The quantitative estimate of drug-likeness (QED) is 0.687. The van der Waals surface area contributed by atoms with E-state index in [1.807, 2.05) is 0 Å². The summed E-state index contributed by atoms with van der Waals surface area (Å²) in [6.07, 6.45) is 1.20. The molecule has 2 aliphatic heterocycles. The van der Waals surface area contributed by atoms with E-state index in [4.69, 9.17) is 10.5 Å². The maximum Gasteiger partial charge on any atom is 0.241 e. The largest absolute Gasteiger partial charge is 0.497 e. The lowest BCUT2D eigenvalue weighted by atomic mass is 9.96. The summed E-state index contributed by atoms with van der Waals surface area (Å²) >= 11 is 0. The minimum Gasteiger partial charge on any atom is -0.497 e. The number of likely N-dealkylation sites (tertiary alicyclic amines) is 1. The molecule has 0 radical (unpaired) electrons. The Balaban J connectivity index is 1.48. The first-order chi connectivity index (χ1) is 13.9. The molecule has 2 fully saturated rings. The molecule has 0 spiro atoms. The van der Waals surface area contributed by atoms with Crippen LogP contribution in [0.1, 0.15) is 19.3 Å². The predicted molar refractivity (Wildman–Crippen MR) is 105 cm³/mol. The number of nitrogens with one attached hydrogen (secondary N) is 1. The van der Waals surface area contributed by atoms with Gasteiger partial charge in [0.25, 0.3) is 0 Å². The van der Waals surface area contributed by atoms with Gasteiger partial charge >= 0.3 is 0 Å². The molecule has 156 valence electrons. The number of carbonyl (C=O) groups excluding carboxylic acids is 4. The van der Waals surface area contributed by atoms with E-state index >= 15 is 0 Å². The van der Waals surface area contributed by atoms with Crippen molar-refractivity contribution in [2.24, 2.45) is 17.6 Å². The molecule has 9 nitrogen and oxygen atoms in total. The van der Waals surface area contributed by atoms with Gasteiger partial charge in [-0.25, -0.2) is 0 Å². The van der Waals surface area contributed by atoms with Crippen LogP contribution in [0.2, 0.25) is 0 Å². The molecule has 1 aromatic carbocycles. The van der Waals surface area contributed by atoms with Gasteiger partial charge in [-0.15, -0.1) is 0 Å². The molecular formula is C20H26N4O5. The van der Waals surface area contributed by atoms with Crippen molar-refractivity contribution in [1.29, 1.82) is 0 Å². The molecule has 3 rings (SSSR count). The predicted octanol–water partition coefficient (Wildman–Crippen LogP) is -0.112. The zero-order chi connectivity index (χ0) is 21.0. The lowest BCUT2D eigenvalue weighted by molar-refractivity contribution is -0.136. The third-order valence-electron chi connectivity index (χ3n) is 5.54. The molecule has 9 heteroatoms. The number of benzene rings is 1. The number of primary amides is 1. The van der Waals surface area contributed by atoms with Gasteiger partial charge in [0.2, 0.25) is 23.6 Å². The van der Waals surface area contributed by atoms with Crippen LogP contribution in [-0.2, 0) is 19.2 Å². The summed E-state index contributed by atoms with van der Waals surface area (Å²) in [5.74, 6) is -0.978. The average Bonchev–Trinajstić information content (AvgIpc) is 3.13. The number of nitrogens with two attached hydrogens (primary N) is 1. The van der Waals surface area contributed by atoms with E-state index in [-0.39, 0.29) is 49.1 Å². The van der Waals surface area contributed by atoms with Crippen molar-refractivity contribution < 1.29 is 23.9 Å². The summed E-state index contributed by atoms with van der Waals surface area (Å²) in [7, 11) is 1.57. The van der Waals surface area contributed by atoms with E-state index in [9.17, 15) is 19.2 Å². The van der Waals surface area contributed by atoms with Crippen LogP contribution in [0.4, 0.5) is 5.69 Å². The van der Waals surface area contributed by atoms with Gasteiger partial charge in [-0.1, -0.05) is 0 Å². The molecule has 2 aliphatic rings. The van der Waals surface area contributed by atoms with Gasteiger partial charge in [-0.05, 0) is 37.1 Å². The minimum absolute atomic E-state index is 0.107. The van der Waals surface area contributed by atoms with E-state index in [0.29, 0.717) is 37.4 Å². The lowest BCUT2D eigenvalue weighted by Crippen LogP contribution is -2.46. The van der Waals surface area contributed by atoms with Crippen molar-refractivity contribution in [1.82, 2.24) is 10.2 Å². The minimum atomic E-state index is -0.502. The average molecular weight is 402 g/mol. The van der Waals surface area contributed by atoms with Gasteiger partial charge in [0.1, 0.15) is 5.75 Å². The second-order valence-corrected chi connectivity index (χ2v) is 7.38. The molecule has 1 aromatic rings. The van der Waals surface area contributed by atoms with E-state index < -0.39 is 5.92 Å². The monoisotopic (exact) mass is 402 g/mol. The fourth-order valence-corrected chi connectivity index (χ4v) is 3.73. The number of amides is 4. The molecule has 3 N–H and O–H groups in total. The van der Waals surface area contributed by atoms with Crippen molar-refractivity contribution in [3.8, 4) is 5.75 Å². The molecule has 0 aliphatic carbocycles.